The van der Waals surface area contributed by atoms with Crippen molar-refractivity contribution in [1.82, 2.24) is 9.80 Å². The standard InChI is InChI=1S/C13H24N2O4/c1-10(16)9-14(2)13(19)15-8-6-4-3-5-7-11(15)12(17)18/h10-11,16H,3-9H2,1-2H3,(H,17,18). The summed E-state index contributed by atoms with van der Waals surface area (Å²) in [4.78, 5) is 26.4. The second-order valence-electron chi connectivity index (χ2n) is 5.26. The third-order valence-electron chi connectivity index (χ3n) is 3.40. The van der Waals surface area contributed by atoms with Gasteiger partial charge in [0.15, 0.2) is 0 Å². The second kappa shape index (κ2) is 7.33. The molecule has 0 aromatic rings. The summed E-state index contributed by atoms with van der Waals surface area (Å²) >= 11 is 0. The molecule has 6 nitrogen and oxygen atoms in total. The van der Waals surface area contributed by atoms with Crippen molar-refractivity contribution in [2.45, 2.75) is 51.2 Å². The van der Waals surface area contributed by atoms with Crippen LogP contribution in [0.25, 0.3) is 0 Å². The smallest absolute Gasteiger partial charge is 0.326 e. The second-order valence-corrected chi connectivity index (χ2v) is 5.26. The number of hydrogen-bond acceptors (Lipinski definition) is 3. The molecule has 0 radical (unpaired) electrons. The average molecular weight is 272 g/mol. The number of carboxylic acids is 1. The summed E-state index contributed by atoms with van der Waals surface area (Å²) in [5.74, 6) is -0.944. The number of hydrogen-bond donors (Lipinski definition) is 2. The quantitative estimate of drug-likeness (QED) is 0.807. The summed E-state index contributed by atoms with van der Waals surface area (Å²) in [6.07, 6.45) is 3.60. The van der Waals surface area contributed by atoms with Crippen molar-refractivity contribution >= 4 is 12.0 Å². The summed E-state index contributed by atoms with van der Waals surface area (Å²) in [6, 6.07) is -1.06. The molecule has 0 aliphatic carbocycles. The van der Waals surface area contributed by atoms with E-state index in [-0.39, 0.29) is 12.6 Å². The highest BCUT2D eigenvalue weighted by Gasteiger charge is 2.31. The Balaban J connectivity index is 2.77. The van der Waals surface area contributed by atoms with Crippen LogP contribution in [0.4, 0.5) is 4.79 Å². The molecule has 2 N–H and O–H groups in total. The molecule has 2 amide bonds. The Labute approximate surface area is 114 Å². The number of carbonyl (C=O) groups excluding carboxylic acids is 1. The lowest BCUT2D eigenvalue weighted by atomic mass is 10.0. The van der Waals surface area contributed by atoms with Gasteiger partial charge in [0.25, 0.3) is 0 Å². The summed E-state index contributed by atoms with van der Waals surface area (Å²) in [7, 11) is 1.59. The number of carbonyl (C=O) groups is 2. The average Bonchev–Trinajstić information content (AvgIpc) is 2.26. The Bertz CT molecular complexity index is 320. The van der Waals surface area contributed by atoms with Crippen LogP contribution in [0.1, 0.15) is 39.0 Å². The van der Waals surface area contributed by atoms with E-state index < -0.39 is 18.1 Å². The summed E-state index contributed by atoms with van der Waals surface area (Å²) in [6.45, 7) is 2.29. The van der Waals surface area contributed by atoms with Crippen LogP contribution in [-0.4, -0.2) is 64.3 Å². The third-order valence-corrected chi connectivity index (χ3v) is 3.40. The zero-order chi connectivity index (χ0) is 14.4. The Morgan fingerprint density at radius 2 is 1.95 bits per heavy atom. The van der Waals surface area contributed by atoms with Crippen LogP contribution >= 0.6 is 0 Å². The molecule has 1 fully saturated rings. The fraction of sp³-hybridized carbons (Fsp3) is 0.846. The molecule has 2 unspecified atom stereocenters. The number of urea groups is 1. The van der Waals surface area contributed by atoms with E-state index in [0.29, 0.717) is 13.0 Å². The molecular formula is C13H24N2O4. The summed E-state index contributed by atoms with van der Waals surface area (Å²) in [5, 5.41) is 18.6. The molecule has 0 saturated carbocycles. The lowest BCUT2D eigenvalue weighted by Gasteiger charge is -2.34. The fourth-order valence-corrected chi connectivity index (χ4v) is 2.46. The van der Waals surface area contributed by atoms with Crippen LogP contribution in [0.2, 0.25) is 0 Å². The Hall–Kier alpha value is -1.30. The van der Waals surface area contributed by atoms with Gasteiger partial charge in [0.05, 0.1) is 6.10 Å². The lowest BCUT2D eigenvalue weighted by molar-refractivity contribution is -0.142. The van der Waals surface area contributed by atoms with E-state index in [0.717, 1.165) is 25.7 Å². The molecule has 0 spiro atoms. The van der Waals surface area contributed by atoms with Gasteiger partial charge < -0.3 is 20.0 Å². The van der Waals surface area contributed by atoms with Gasteiger partial charge in [0.1, 0.15) is 6.04 Å². The number of likely N-dealkylation sites (N-methyl/N-ethyl adjacent to an activating group) is 1. The predicted octanol–water partition coefficient (Wildman–Crippen LogP) is 1.14. The molecule has 2 atom stereocenters. The maximum Gasteiger partial charge on any atom is 0.326 e. The molecule has 110 valence electrons. The molecule has 1 saturated heterocycles. The number of aliphatic hydroxyl groups is 1. The van der Waals surface area contributed by atoms with Crippen LogP contribution < -0.4 is 0 Å². The number of amides is 2. The van der Waals surface area contributed by atoms with Gasteiger partial charge >= 0.3 is 12.0 Å². The number of rotatable bonds is 3. The highest BCUT2D eigenvalue weighted by molar-refractivity contribution is 5.82. The minimum Gasteiger partial charge on any atom is -0.480 e. The van der Waals surface area contributed by atoms with Gasteiger partial charge in [-0.1, -0.05) is 19.3 Å². The van der Waals surface area contributed by atoms with E-state index in [4.69, 9.17) is 0 Å². The minimum absolute atomic E-state index is 0.210. The molecule has 0 aromatic heterocycles. The van der Waals surface area contributed by atoms with Crippen molar-refractivity contribution in [3.63, 3.8) is 0 Å². The van der Waals surface area contributed by atoms with E-state index in [1.807, 2.05) is 0 Å². The van der Waals surface area contributed by atoms with Crippen molar-refractivity contribution in [3.05, 3.63) is 0 Å². The summed E-state index contributed by atoms with van der Waals surface area (Å²) < 4.78 is 0. The zero-order valence-corrected chi connectivity index (χ0v) is 11.7. The third kappa shape index (κ3) is 4.70. The van der Waals surface area contributed by atoms with Crippen molar-refractivity contribution in [1.29, 1.82) is 0 Å². The lowest BCUT2D eigenvalue weighted by Crippen LogP contribution is -2.51. The van der Waals surface area contributed by atoms with Crippen LogP contribution in [0.5, 0.6) is 0 Å². The number of likely N-dealkylation sites (tertiary alicyclic amines) is 1. The number of carboxylic acid groups (broad SMARTS) is 1. The maximum absolute atomic E-state index is 12.3. The molecule has 0 bridgehead atoms. The number of aliphatic hydroxyl groups excluding tert-OH is 1. The van der Waals surface area contributed by atoms with E-state index >= 15 is 0 Å². The first-order chi connectivity index (χ1) is 8.93. The van der Waals surface area contributed by atoms with Crippen LogP contribution in [0.3, 0.4) is 0 Å². The monoisotopic (exact) mass is 272 g/mol. The van der Waals surface area contributed by atoms with E-state index in [9.17, 15) is 19.8 Å². The first-order valence-corrected chi connectivity index (χ1v) is 6.86. The topological polar surface area (TPSA) is 81.1 Å². The summed E-state index contributed by atoms with van der Waals surface area (Å²) in [5.41, 5.74) is 0. The van der Waals surface area contributed by atoms with Crippen molar-refractivity contribution < 1.29 is 19.8 Å². The van der Waals surface area contributed by atoms with Gasteiger partial charge in [0.2, 0.25) is 0 Å². The van der Waals surface area contributed by atoms with Gasteiger partial charge in [-0.25, -0.2) is 9.59 Å². The van der Waals surface area contributed by atoms with Gasteiger partial charge in [-0.2, -0.15) is 0 Å². The van der Waals surface area contributed by atoms with E-state index in [2.05, 4.69) is 0 Å². The molecule has 19 heavy (non-hydrogen) atoms. The first kappa shape index (κ1) is 15.8. The Kier molecular flexibility index (Phi) is 6.08. The molecule has 1 heterocycles. The minimum atomic E-state index is -0.944. The Morgan fingerprint density at radius 1 is 1.32 bits per heavy atom. The number of nitrogens with zero attached hydrogens (tertiary/aromatic N) is 2. The highest BCUT2D eigenvalue weighted by atomic mass is 16.4. The Morgan fingerprint density at radius 3 is 2.53 bits per heavy atom. The van der Waals surface area contributed by atoms with Crippen LogP contribution in [0, 0.1) is 0 Å². The van der Waals surface area contributed by atoms with Gasteiger partial charge in [-0.3, -0.25) is 0 Å². The van der Waals surface area contributed by atoms with Crippen LogP contribution in [-0.2, 0) is 4.79 Å². The van der Waals surface area contributed by atoms with Gasteiger partial charge in [-0.05, 0) is 19.8 Å². The van der Waals surface area contributed by atoms with Gasteiger partial charge in [-0.15, -0.1) is 0 Å². The van der Waals surface area contributed by atoms with Crippen molar-refractivity contribution in [2.75, 3.05) is 20.1 Å². The van der Waals surface area contributed by atoms with E-state index in [1.54, 1.807) is 14.0 Å². The maximum atomic E-state index is 12.3. The largest absolute Gasteiger partial charge is 0.480 e. The van der Waals surface area contributed by atoms with Crippen molar-refractivity contribution in [2.24, 2.45) is 0 Å². The molecular weight excluding hydrogens is 248 g/mol. The molecule has 1 aliphatic heterocycles. The van der Waals surface area contributed by atoms with Crippen molar-refractivity contribution in [3.8, 4) is 0 Å². The highest BCUT2D eigenvalue weighted by Crippen LogP contribution is 2.18. The molecule has 6 heteroatoms. The molecule has 0 aromatic carbocycles. The number of aliphatic carboxylic acids is 1. The van der Waals surface area contributed by atoms with Crippen LogP contribution in [0.15, 0.2) is 0 Å². The normalized spacial score (nSPS) is 22.3. The van der Waals surface area contributed by atoms with E-state index in [1.165, 1.54) is 9.80 Å². The SMILES string of the molecule is CC(O)CN(C)C(=O)N1CCCCCCC1C(=O)O. The van der Waals surface area contributed by atoms with Gasteiger partial charge in [0, 0.05) is 20.1 Å². The predicted molar refractivity (Wildman–Crippen MR) is 70.9 cm³/mol. The zero-order valence-electron chi connectivity index (χ0n) is 11.7. The fourth-order valence-electron chi connectivity index (χ4n) is 2.46. The first-order valence-electron chi connectivity index (χ1n) is 6.86. The molecule has 1 rings (SSSR count). The molecule has 1 aliphatic rings.